The molecule has 2 aromatic carbocycles. The molecule has 0 bridgehead atoms. The minimum absolute atomic E-state index is 0.127. The number of carboxylic acid groups (broad SMARTS) is 1. The summed E-state index contributed by atoms with van der Waals surface area (Å²) in [5.74, 6) is -0.0276. The first-order valence-corrected chi connectivity index (χ1v) is 8.80. The van der Waals surface area contributed by atoms with E-state index < -0.39 is 12.0 Å². The Labute approximate surface area is 169 Å². The van der Waals surface area contributed by atoms with Crippen molar-refractivity contribution in [3.8, 4) is 17.0 Å². The molecule has 2 amide bonds. The van der Waals surface area contributed by atoms with Crippen LogP contribution in [0.15, 0.2) is 54.7 Å². The van der Waals surface area contributed by atoms with Crippen molar-refractivity contribution in [2.45, 2.75) is 0 Å². The van der Waals surface area contributed by atoms with Gasteiger partial charge in [-0.1, -0.05) is 0 Å². The molecule has 0 saturated carbocycles. The van der Waals surface area contributed by atoms with Gasteiger partial charge in [-0.25, -0.2) is 19.6 Å². The van der Waals surface area contributed by atoms with Crippen molar-refractivity contribution in [1.82, 2.24) is 20.2 Å². The molecule has 150 valence electrons. The lowest BCUT2D eigenvalue weighted by Crippen LogP contribution is -2.20. The lowest BCUT2D eigenvalue weighted by Gasteiger charge is -2.07. The zero-order valence-corrected chi connectivity index (χ0v) is 15.7. The van der Waals surface area contributed by atoms with Crippen LogP contribution in [-0.4, -0.2) is 44.4 Å². The standard InChI is InChI=1S/C20H16N6O4/c1-30-14-8-4-11(5-9-14)15-10-21-17-16(23-15)18(26-25-17)24-20(29)22-13-6-2-12(3-7-13)19(27)28/h2-10H,1H3,(H,27,28)(H3,21,22,24,25,26,29). The Morgan fingerprint density at radius 1 is 1.03 bits per heavy atom. The second-order valence-corrected chi connectivity index (χ2v) is 6.22. The lowest BCUT2D eigenvalue weighted by molar-refractivity contribution is 0.0697. The van der Waals surface area contributed by atoms with E-state index in [1.165, 1.54) is 24.3 Å². The van der Waals surface area contributed by atoms with Crippen molar-refractivity contribution in [1.29, 1.82) is 0 Å². The van der Waals surface area contributed by atoms with Gasteiger partial charge in [-0.15, -0.1) is 0 Å². The molecule has 0 atom stereocenters. The molecule has 0 aliphatic rings. The summed E-state index contributed by atoms with van der Waals surface area (Å²) in [5, 5.41) is 20.9. The van der Waals surface area contributed by atoms with E-state index in [0.717, 1.165) is 11.3 Å². The number of aromatic nitrogens is 4. The van der Waals surface area contributed by atoms with Gasteiger partial charge in [-0.05, 0) is 48.5 Å². The van der Waals surface area contributed by atoms with E-state index in [1.807, 2.05) is 24.3 Å². The van der Waals surface area contributed by atoms with Crippen LogP contribution in [0.2, 0.25) is 0 Å². The highest BCUT2D eigenvalue weighted by Crippen LogP contribution is 2.24. The molecule has 2 heterocycles. The van der Waals surface area contributed by atoms with Crippen LogP contribution in [0.5, 0.6) is 5.75 Å². The highest BCUT2D eigenvalue weighted by molar-refractivity contribution is 6.03. The first-order valence-electron chi connectivity index (χ1n) is 8.80. The first kappa shape index (κ1) is 18.9. The predicted octanol–water partition coefficient (Wildman–Crippen LogP) is 3.37. The minimum atomic E-state index is -1.04. The van der Waals surface area contributed by atoms with E-state index >= 15 is 0 Å². The highest BCUT2D eigenvalue weighted by Gasteiger charge is 2.13. The Morgan fingerprint density at radius 2 is 1.77 bits per heavy atom. The average molecular weight is 404 g/mol. The SMILES string of the molecule is COc1ccc(-c2cnc3n[nH]c(NC(=O)Nc4ccc(C(=O)O)cc4)c3n2)cc1. The smallest absolute Gasteiger partial charge is 0.335 e. The van der Waals surface area contributed by atoms with Gasteiger partial charge in [0.25, 0.3) is 0 Å². The zero-order valence-electron chi connectivity index (χ0n) is 15.7. The van der Waals surface area contributed by atoms with Crippen LogP contribution in [-0.2, 0) is 0 Å². The Balaban J connectivity index is 1.53. The number of amides is 2. The lowest BCUT2D eigenvalue weighted by atomic mass is 10.1. The topological polar surface area (TPSA) is 142 Å². The van der Waals surface area contributed by atoms with E-state index in [2.05, 4.69) is 30.8 Å². The summed E-state index contributed by atoms with van der Waals surface area (Å²) >= 11 is 0. The molecule has 0 aliphatic carbocycles. The van der Waals surface area contributed by atoms with Crippen molar-refractivity contribution in [3.05, 3.63) is 60.3 Å². The third kappa shape index (κ3) is 3.87. The van der Waals surface area contributed by atoms with Crippen LogP contribution in [0, 0.1) is 0 Å². The number of carbonyl (C=O) groups is 2. The van der Waals surface area contributed by atoms with E-state index in [0.29, 0.717) is 22.5 Å². The van der Waals surface area contributed by atoms with Gasteiger partial charge in [-0.3, -0.25) is 10.4 Å². The summed E-state index contributed by atoms with van der Waals surface area (Å²) in [5.41, 5.74) is 2.76. The summed E-state index contributed by atoms with van der Waals surface area (Å²) in [4.78, 5) is 32.0. The molecule has 0 saturated heterocycles. The molecule has 4 aromatic rings. The quantitative estimate of drug-likeness (QED) is 0.399. The van der Waals surface area contributed by atoms with Gasteiger partial charge >= 0.3 is 12.0 Å². The molecule has 0 unspecified atom stereocenters. The van der Waals surface area contributed by atoms with Gasteiger partial charge in [0.15, 0.2) is 11.3 Å². The fourth-order valence-corrected chi connectivity index (χ4v) is 2.75. The normalized spacial score (nSPS) is 10.6. The molecule has 0 fully saturated rings. The van der Waals surface area contributed by atoms with Crippen LogP contribution >= 0.6 is 0 Å². The Kier molecular flexibility index (Phi) is 4.95. The molecule has 2 aromatic heterocycles. The number of aromatic carboxylic acids is 1. The fourth-order valence-electron chi connectivity index (χ4n) is 2.75. The monoisotopic (exact) mass is 404 g/mol. The third-order valence-corrected chi connectivity index (χ3v) is 4.28. The molecule has 30 heavy (non-hydrogen) atoms. The van der Waals surface area contributed by atoms with Gasteiger partial charge in [0.2, 0.25) is 5.65 Å². The molecular weight excluding hydrogens is 388 g/mol. The second kappa shape index (κ2) is 7.87. The van der Waals surface area contributed by atoms with E-state index in [9.17, 15) is 9.59 Å². The number of carboxylic acids is 1. The fraction of sp³-hybridized carbons (Fsp3) is 0.0500. The molecule has 10 heteroatoms. The van der Waals surface area contributed by atoms with Crippen LogP contribution in [0.4, 0.5) is 16.3 Å². The van der Waals surface area contributed by atoms with Gasteiger partial charge in [0, 0.05) is 11.3 Å². The van der Waals surface area contributed by atoms with E-state index in [-0.39, 0.29) is 11.4 Å². The number of hydrogen-bond acceptors (Lipinski definition) is 6. The number of aromatic amines is 1. The third-order valence-electron chi connectivity index (χ3n) is 4.28. The number of nitrogens with one attached hydrogen (secondary N) is 3. The Hall–Kier alpha value is -4.47. The van der Waals surface area contributed by atoms with E-state index in [1.54, 1.807) is 13.3 Å². The van der Waals surface area contributed by atoms with Crippen molar-refractivity contribution >= 4 is 34.7 Å². The van der Waals surface area contributed by atoms with Gasteiger partial charge in [-0.2, -0.15) is 5.10 Å². The molecule has 0 spiro atoms. The molecular formula is C20H16N6O4. The van der Waals surface area contributed by atoms with Gasteiger partial charge < -0.3 is 15.2 Å². The average Bonchev–Trinajstić information content (AvgIpc) is 3.16. The molecule has 4 N–H and O–H groups in total. The maximum Gasteiger partial charge on any atom is 0.335 e. The number of benzene rings is 2. The van der Waals surface area contributed by atoms with Crippen molar-refractivity contribution in [2.24, 2.45) is 0 Å². The number of rotatable bonds is 5. The number of fused-ring (bicyclic) bond motifs is 1. The maximum atomic E-state index is 12.3. The van der Waals surface area contributed by atoms with E-state index in [4.69, 9.17) is 9.84 Å². The zero-order chi connectivity index (χ0) is 21.1. The first-order chi connectivity index (χ1) is 14.5. The molecule has 4 rings (SSSR count). The van der Waals surface area contributed by atoms with Crippen LogP contribution in [0.3, 0.4) is 0 Å². The Bertz CT molecular complexity index is 1220. The molecule has 0 radical (unpaired) electrons. The summed E-state index contributed by atoms with van der Waals surface area (Å²) < 4.78 is 5.16. The van der Waals surface area contributed by atoms with Crippen LogP contribution < -0.4 is 15.4 Å². The van der Waals surface area contributed by atoms with Gasteiger partial charge in [0.05, 0.1) is 24.6 Å². The molecule has 0 aliphatic heterocycles. The summed E-state index contributed by atoms with van der Waals surface area (Å²) in [6, 6.07) is 12.6. The summed E-state index contributed by atoms with van der Waals surface area (Å²) in [7, 11) is 1.59. The van der Waals surface area contributed by atoms with Crippen molar-refractivity contribution in [2.75, 3.05) is 17.7 Å². The molecule has 10 nitrogen and oxygen atoms in total. The van der Waals surface area contributed by atoms with Crippen molar-refractivity contribution in [3.63, 3.8) is 0 Å². The minimum Gasteiger partial charge on any atom is -0.497 e. The second-order valence-electron chi connectivity index (χ2n) is 6.22. The van der Waals surface area contributed by atoms with Crippen LogP contribution in [0.25, 0.3) is 22.4 Å². The summed E-state index contributed by atoms with van der Waals surface area (Å²) in [6.07, 6.45) is 1.60. The number of urea groups is 1. The van der Waals surface area contributed by atoms with Gasteiger partial charge in [0.1, 0.15) is 5.75 Å². The van der Waals surface area contributed by atoms with Crippen LogP contribution in [0.1, 0.15) is 10.4 Å². The number of anilines is 2. The number of methoxy groups -OCH3 is 1. The largest absolute Gasteiger partial charge is 0.497 e. The summed E-state index contributed by atoms with van der Waals surface area (Å²) in [6.45, 7) is 0. The number of H-pyrrole nitrogens is 1. The number of hydrogen-bond donors (Lipinski definition) is 4. The predicted molar refractivity (Wildman–Crippen MR) is 110 cm³/mol. The Morgan fingerprint density at radius 3 is 2.43 bits per heavy atom. The number of ether oxygens (including phenoxy) is 1. The highest BCUT2D eigenvalue weighted by atomic mass is 16.5. The van der Waals surface area contributed by atoms with Crippen molar-refractivity contribution < 1.29 is 19.4 Å². The number of nitrogens with zero attached hydrogens (tertiary/aromatic N) is 3. The maximum absolute atomic E-state index is 12.3. The number of carbonyl (C=O) groups excluding carboxylic acids is 1.